The van der Waals surface area contributed by atoms with Crippen molar-refractivity contribution in [1.82, 2.24) is 0 Å². The Morgan fingerprint density at radius 2 is 1.30 bits per heavy atom. The van der Waals surface area contributed by atoms with Crippen molar-refractivity contribution in [2.75, 3.05) is 13.2 Å². The lowest BCUT2D eigenvalue weighted by atomic mass is 9.95. The molecule has 0 aromatic rings. The maximum atomic E-state index is 9.89. The Hall–Kier alpha value is -0.210. The van der Waals surface area contributed by atoms with Crippen molar-refractivity contribution in [3.8, 4) is 0 Å². The van der Waals surface area contributed by atoms with Gasteiger partial charge in [-0.05, 0) is 61.2 Å². The van der Waals surface area contributed by atoms with Gasteiger partial charge in [-0.15, -0.1) is 0 Å². The van der Waals surface area contributed by atoms with E-state index in [2.05, 4.69) is 24.3 Å². The molecule has 1 N–H and O–H groups in total. The molecule has 0 aromatic carbocycles. The Balaban J connectivity index is 1.17. The number of fused-ring (bicyclic) bond motifs is 4. The molecule has 0 heterocycles. The number of rotatable bonds is 6. The maximum Gasteiger partial charge on any atom is 0.329 e. The second-order valence-corrected chi connectivity index (χ2v) is 7.90. The predicted molar refractivity (Wildman–Crippen MR) is 78.7 cm³/mol. The summed E-state index contributed by atoms with van der Waals surface area (Å²) in [5.74, 6) is 4.08. The SMILES string of the molecule is OP(OCC1CC2C=CC1C2)OCC1CC2C=CC1C2. The van der Waals surface area contributed by atoms with Crippen LogP contribution in [0.25, 0.3) is 0 Å². The Labute approximate surface area is 122 Å². The fraction of sp³-hybridized carbons (Fsp3) is 0.750. The van der Waals surface area contributed by atoms with Crippen LogP contribution in [0.4, 0.5) is 0 Å². The Kier molecular flexibility index (Phi) is 3.72. The minimum Gasteiger partial charge on any atom is -0.328 e. The molecule has 0 radical (unpaired) electrons. The highest BCUT2D eigenvalue weighted by atomic mass is 31.2. The third kappa shape index (κ3) is 2.62. The normalized spacial score (nSPS) is 45.6. The number of allylic oxidation sites excluding steroid dienone is 4. The highest BCUT2D eigenvalue weighted by Crippen LogP contribution is 2.47. The quantitative estimate of drug-likeness (QED) is 0.600. The predicted octanol–water partition coefficient (Wildman–Crippen LogP) is 3.66. The van der Waals surface area contributed by atoms with Gasteiger partial charge in [0.25, 0.3) is 0 Å². The third-order valence-electron chi connectivity index (χ3n) is 5.63. The van der Waals surface area contributed by atoms with Crippen LogP contribution in [0.1, 0.15) is 25.7 Å². The van der Waals surface area contributed by atoms with E-state index in [1.54, 1.807) is 0 Å². The van der Waals surface area contributed by atoms with E-state index in [1.807, 2.05) is 0 Å². The van der Waals surface area contributed by atoms with Crippen LogP contribution in [-0.2, 0) is 9.05 Å². The molecule has 6 atom stereocenters. The summed E-state index contributed by atoms with van der Waals surface area (Å²) in [5, 5.41) is 0. The van der Waals surface area contributed by atoms with Gasteiger partial charge in [0.05, 0.1) is 13.2 Å². The molecule has 0 saturated heterocycles. The van der Waals surface area contributed by atoms with Crippen molar-refractivity contribution in [3.05, 3.63) is 24.3 Å². The summed E-state index contributed by atoms with van der Waals surface area (Å²) in [6, 6.07) is 0. The van der Waals surface area contributed by atoms with Gasteiger partial charge in [0.1, 0.15) is 0 Å². The zero-order valence-corrected chi connectivity index (χ0v) is 12.6. The summed E-state index contributed by atoms with van der Waals surface area (Å²) < 4.78 is 11.1. The highest BCUT2D eigenvalue weighted by Gasteiger charge is 2.37. The molecule has 4 rings (SSSR count). The lowest BCUT2D eigenvalue weighted by molar-refractivity contribution is 0.144. The zero-order chi connectivity index (χ0) is 13.5. The van der Waals surface area contributed by atoms with E-state index in [-0.39, 0.29) is 0 Å². The molecular weight excluding hydrogens is 271 g/mol. The van der Waals surface area contributed by atoms with Gasteiger partial charge in [-0.3, -0.25) is 0 Å². The van der Waals surface area contributed by atoms with Crippen molar-refractivity contribution in [1.29, 1.82) is 0 Å². The summed E-state index contributed by atoms with van der Waals surface area (Å²) in [7, 11) is -1.68. The first-order valence-corrected chi connectivity index (χ1v) is 9.02. The van der Waals surface area contributed by atoms with Gasteiger partial charge in [-0.2, -0.15) is 0 Å². The molecule has 0 spiro atoms. The summed E-state index contributed by atoms with van der Waals surface area (Å²) >= 11 is 0. The fourth-order valence-corrected chi connectivity index (χ4v) is 5.24. The average Bonchev–Trinajstić information content (AvgIpc) is 3.21. The molecule has 4 heteroatoms. The minimum absolute atomic E-state index is 0.594. The van der Waals surface area contributed by atoms with Gasteiger partial charge in [0.15, 0.2) is 0 Å². The molecule has 0 amide bonds. The van der Waals surface area contributed by atoms with E-state index in [4.69, 9.17) is 9.05 Å². The Bertz CT molecular complexity index is 384. The van der Waals surface area contributed by atoms with Gasteiger partial charge in [0, 0.05) is 0 Å². The standard InChI is InChI=1S/C16H23O3P/c17-20(18-9-15-7-11-1-3-13(15)5-11)19-10-16-8-12-2-4-14(16)6-12/h1-4,11-17H,5-10H2. The van der Waals surface area contributed by atoms with Crippen LogP contribution in [0, 0.1) is 35.5 Å². The van der Waals surface area contributed by atoms with Crippen LogP contribution in [-0.4, -0.2) is 18.1 Å². The lowest BCUT2D eigenvalue weighted by Gasteiger charge is -2.22. The molecule has 4 aliphatic rings. The molecule has 4 bridgehead atoms. The highest BCUT2D eigenvalue weighted by molar-refractivity contribution is 7.40. The van der Waals surface area contributed by atoms with Crippen LogP contribution in [0.5, 0.6) is 0 Å². The van der Waals surface area contributed by atoms with E-state index in [0.29, 0.717) is 36.9 Å². The molecule has 0 aliphatic heterocycles. The number of hydrogen-bond donors (Lipinski definition) is 1. The first-order valence-electron chi connectivity index (χ1n) is 7.89. The average molecular weight is 294 g/mol. The van der Waals surface area contributed by atoms with E-state index < -0.39 is 8.60 Å². The topological polar surface area (TPSA) is 38.7 Å². The second-order valence-electron chi connectivity index (χ2n) is 6.91. The molecule has 110 valence electrons. The molecule has 20 heavy (non-hydrogen) atoms. The smallest absolute Gasteiger partial charge is 0.328 e. The summed E-state index contributed by atoms with van der Waals surface area (Å²) in [6.45, 7) is 1.31. The van der Waals surface area contributed by atoms with Crippen molar-refractivity contribution >= 4 is 8.60 Å². The largest absolute Gasteiger partial charge is 0.329 e. The van der Waals surface area contributed by atoms with E-state index in [9.17, 15) is 4.89 Å². The van der Waals surface area contributed by atoms with Crippen LogP contribution >= 0.6 is 8.60 Å². The van der Waals surface area contributed by atoms with Gasteiger partial charge in [-0.25, -0.2) is 0 Å². The zero-order valence-electron chi connectivity index (χ0n) is 11.7. The first kappa shape index (κ1) is 13.5. The molecule has 2 fully saturated rings. The monoisotopic (exact) mass is 294 g/mol. The van der Waals surface area contributed by atoms with E-state index >= 15 is 0 Å². The summed E-state index contributed by atoms with van der Waals surface area (Å²) in [5.41, 5.74) is 0. The molecule has 3 nitrogen and oxygen atoms in total. The molecule has 4 aliphatic carbocycles. The first-order chi connectivity index (χ1) is 9.78. The summed E-state index contributed by atoms with van der Waals surface area (Å²) in [6.07, 6.45) is 14.3. The Morgan fingerprint density at radius 1 is 0.800 bits per heavy atom. The third-order valence-corrected chi connectivity index (χ3v) is 6.37. The van der Waals surface area contributed by atoms with Gasteiger partial charge in [0.2, 0.25) is 0 Å². The van der Waals surface area contributed by atoms with Gasteiger partial charge >= 0.3 is 8.60 Å². The molecule has 0 aromatic heterocycles. The van der Waals surface area contributed by atoms with Crippen molar-refractivity contribution in [3.63, 3.8) is 0 Å². The van der Waals surface area contributed by atoms with Gasteiger partial charge in [-0.1, -0.05) is 24.3 Å². The van der Waals surface area contributed by atoms with E-state index in [1.165, 1.54) is 25.7 Å². The van der Waals surface area contributed by atoms with Crippen LogP contribution in [0.15, 0.2) is 24.3 Å². The van der Waals surface area contributed by atoms with Crippen molar-refractivity contribution in [2.45, 2.75) is 25.7 Å². The Morgan fingerprint density at radius 3 is 1.65 bits per heavy atom. The van der Waals surface area contributed by atoms with Crippen LogP contribution in [0.3, 0.4) is 0 Å². The van der Waals surface area contributed by atoms with Crippen molar-refractivity contribution < 1.29 is 13.9 Å². The fourth-order valence-electron chi connectivity index (χ4n) is 4.53. The summed E-state index contributed by atoms with van der Waals surface area (Å²) in [4.78, 5) is 9.89. The minimum atomic E-state index is -1.68. The van der Waals surface area contributed by atoms with Gasteiger partial charge < -0.3 is 13.9 Å². The van der Waals surface area contributed by atoms with E-state index in [0.717, 1.165) is 11.8 Å². The van der Waals surface area contributed by atoms with Crippen LogP contribution in [0.2, 0.25) is 0 Å². The van der Waals surface area contributed by atoms with Crippen LogP contribution < -0.4 is 0 Å². The molecule has 6 unspecified atom stereocenters. The maximum absolute atomic E-state index is 9.89. The van der Waals surface area contributed by atoms with Crippen molar-refractivity contribution in [2.24, 2.45) is 35.5 Å². The lowest BCUT2D eigenvalue weighted by Crippen LogP contribution is -2.15. The second kappa shape index (κ2) is 5.53. The molecular formula is C16H23O3P. The number of hydrogen-bond acceptors (Lipinski definition) is 3. The molecule has 2 saturated carbocycles.